The van der Waals surface area contributed by atoms with Crippen LogP contribution in [-0.2, 0) is 6.54 Å². The molecule has 0 spiro atoms. The molecule has 2 aromatic carbocycles. The van der Waals surface area contributed by atoms with E-state index in [4.69, 9.17) is 33.3 Å². The highest BCUT2D eigenvalue weighted by Gasteiger charge is 2.11. The summed E-state index contributed by atoms with van der Waals surface area (Å²) in [7, 11) is 3.13. The molecule has 0 radical (unpaired) electrons. The van der Waals surface area contributed by atoms with Crippen LogP contribution >= 0.6 is 23.8 Å². The normalized spacial score (nSPS) is 9.95. The zero-order valence-electron chi connectivity index (χ0n) is 12.4. The fourth-order valence-corrected chi connectivity index (χ4v) is 2.32. The summed E-state index contributed by atoms with van der Waals surface area (Å²) in [4.78, 5) is 0. The van der Waals surface area contributed by atoms with Gasteiger partial charge in [-0.15, -0.1) is 0 Å². The Labute approximate surface area is 140 Å². The van der Waals surface area contributed by atoms with E-state index in [-0.39, 0.29) is 0 Å². The summed E-state index contributed by atoms with van der Waals surface area (Å²) < 4.78 is 10.5. The number of hydrogen-bond acceptors (Lipinski definition) is 3. The highest BCUT2D eigenvalue weighted by atomic mass is 35.5. The summed E-state index contributed by atoms with van der Waals surface area (Å²) in [6, 6.07) is 13.4. The second-order valence-electron chi connectivity index (χ2n) is 4.48. The second kappa shape index (κ2) is 7.87. The van der Waals surface area contributed by atoms with Gasteiger partial charge in [0.05, 0.1) is 24.9 Å². The first-order valence-electron chi connectivity index (χ1n) is 6.64. The maximum absolute atomic E-state index is 6.08. The molecule has 0 aromatic heterocycles. The lowest BCUT2D eigenvalue weighted by Crippen LogP contribution is -2.28. The topological polar surface area (TPSA) is 42.5 Å². The van der Waals surface area contributed by atoms with Crippen molar-refractivity contribution in [3.05, 3.63) is 53.1 Å². The lowest BCUT2D eigenvalue weighted by molar-refractivity contribution is 0.405. The Hall–Kier alpha value is -1.98. The minimum Gasteiger partial charge on any atom is -0.495 e. The maximum Gasteiger partial charge on any atom is 0.171 e. The molecule has 6 heteroatoms. The fourth-order valence-electron chi connectivity index (χ4n) is 1.90. The molecule has 0 bridgehead atoms. The maximum atomic E-state index is 6.08. The molecule has 4 nitrogen and oxygen atoms in total. The molecule has 0 atom stereocenters. The van der Waals surface area contributed by atoms with Gasteiger partial charge in [-0.1, -0.05) is 41.9 Å². The van der Waals surface area contributed by atoms with E-state index in [0.717, 1.165) is 5.56 Å². The minimum absolute atomic E-state index is 0.480. The van der Waals surface area contributed by atoms with Crippen LogP contribution in [0.5, 0.6) is 11.5 Å². The third-order valence-electron chi connectivity index (χ3n) is 3.02. The van der Waals surface area contributed by atoms with E-state index < -0.39 is 0 Å². The van der Waals surface area contributed by atoms with Gasteiger partial charge in [0.25, 0.3) is 0 Å². The van der Waals surface area contributed by atoms with Crippen LogP contribution in [-0.4, -0.2) is 19.3 Å². The quantitative estimate of drug-likeness (QED) is 0.812. The van der Waals surface area contributed by atoms with Gasteiger partial charge in [0, 0.05) is 18.7 Å². The molecule has 2 rings (SSSR count). The first-order chi connectivity index (χ1) is 10.6. The number of thiocarbonyl (C=S) groups is 1. The van der Waals surface area contributed by atoms with E-state index in [2.05, 4.69) is 10.6 Å². The number of nitrogens with one attached hydrogen (secondary N) is 2. The van der Waals surface area contributed by atoms with Crippen LogP contribution in [0.1, 0.15) is 5.56 Å². The summed E-state index contributed by atoms with van der Waals surface area (Å²) >= 11 is 11.4. The number of benzene rings is 2. The summed E-state index contributed by atoms with van der Waals surface area (Å²) in [5.74, 6) is 1.14. The van der Waals surface area contributed by atoms with E-state index in [0.29, 0.717) is 33.9 Å². The van der Waals surface area contributed by atoms with Crippen molar-refractivity contribution in [1.29, 1.82) is 0 Å². The molecule has 22 heavy (non-hydrogen) atoms. The number of hydrogen-bond donors (Lipinski definition) is 2. The van der Waals surface area contributed by atoms with Gasteiger partial charge in [0.1, 0.15) is 11.5 Å². The number of rotatable bonds is 5. The van der Waals surface area contributed by atoms with Crippen molar-refractivity contribution in [2.24, 2.45) is 0 Å². The molecule has 2 aromatic rings. The van der Waals surface area contributed by atoms with E-state index in [1.807, 2.05) is 30.3 Å². The van der Waals surface area contributed by atoms with Crippen LogP contribution < -0.4 is 20.1 Å². The number of methoxy groups -OCH3 is 2. The Morgan fingerprint density at radius 1 is 1.09 bits per heavy atom. The Morgan fingerprint density at radius 3 is 2.41 bits per heavy atom. The van der Waals surface area contributed by atoms with Crippen molar-refractivity contribution in [3.63, 3.8) is 0 Å². The smallest absolute Gasteiger partial charge is 0.171 e. The van der Waals surface area contributed by atoms with Gasteiger partial charge in [-0.2, -0.15) is 0 Å². The zero-order chi connectivity index (χ0) is 15.9. The van der Waals surface area contributed by atoms with E-state index >= 15 is 0 Å². The van der Waals surface area contributed by atoms with E-state index in [1.54, 1.807) is 26.4 Å². The Morgan fingerprint density at radius 2 is 1.77 bits per heavy atom. The standard InChI is InChI=1S/C16H17ClN2O2S/c1-20-14-9-13(15(21-2)8-12(14)17)19-16(22)18-10-11-6-4-3-5-7-11/h3-9H,10H2,1-2H3,(H2,18,19,22). The van der Waals surface area contributed by atoms with Crippen LogP contribution in [0.4, 0.5) is 5.69 Å². The van der Waals surface area contributed by atoms with Crippen LogP contribution in [0.15, 0.2) is 42.5 Å². The molecule has 2 N–H and O–H groups in total. The molecular weight excluding hydrogens is 320 g/mol. The molecule has 0 saturated heterocycles. The summed E-state index contributed by atoms with van der Waals surface area (Å²) in [5.41, 5.74) is 1.83. The largest absolute Gasteiger partial charge is 0.495 e. The van der Waals surface area contributed by atoms with Crippen molar-refractivity contribution < 1.29 is 9.47 Å². The summed E-state index contributed by atoms with van der Waals surface area (Å²) in [6.45, 7) is 0.639. The van der Waals surface area contributed by atoms with Crippen molar-refractivity contribution >= 4 is 34.6 Å². The number of ether oxygens (including phenoxy) is 2. The predicted molar refractivity (Wildman–Crippen MR) is 94.1 cm³/mol. The third-order valence-corrected chi connectivity index (χ3v) is 3.56. The highest BCUT2D eigenvalue weighted by molar-refractivity contribution is 7.80. The molecule has 0 fully saturated rings. The molecule has 0 aliphatic rings. The van der Waals surface area contributed by atoms with Crippen molar-refractivity contribution in [3.8, 4) is 11.5 Å². The molecule has 0 aliphatic heterocycles. The van der Waals surface area contributed by atoms with Gasteiger partial charge in [-0.05, 0) is 17.8 Å². The first-order valence-corrected chi connectivity index (χ1v) is 7.43. The summed E-state index contributed by atoms with van der Waals surface area (Å²) in [6.07, 6.45) is 0. The van der Waals surface area contributed by atoms with Crippen molar-refractivity contribution in [1.82, 2.24) is 5.32 Å². The van der Waals surface area contributed by atoms with Gasteiger partial charge < -0.3 is 20.1 Å². The van der Waals surface area contributed by atoms with Crippen LogP contribution in [0.25, 0.3) is 0 Å². The molecule has 0 amide bonds. The zero-order valence-corrected chi connectivity index (χ0v) is 13.9. The van der Waals surface area contributed by atoms with E-state index in [1.165, 1.54) is 0 Å². The molecular formula is C16H17ClN2O2S. The Kier molecular flexibility index (Phi) is 5.86. The third kappa shape index (κ3) is 4.26. The number of anilines is 1. The lowest BCUT2D eigenvalue weighted by Gasteiger charge is -2.15. The SMILES string of the molecule is COc1cc(NC(=S)NCc2ccccc2)c(OC)cc1Cl. The highest BCUT2D eigenvalue weighted by Crippen LogP contribution is 2.35. The van der Waals surface area contributed by atoms with Crippen LogP contribution in [0, 0.1) is 0 Å². The monoisotopic (exact) mass is 336 g/mol. The average molecular weight is 337 g/mol. The number of halogens is 1. The van der Waals surface area contributed by atoms with Crippen molar-refractivity contribution in [2.75, 3.05) is 19.5 Å². The van der Waals surface area contributed by atoms with Gasteiger partial charge in [-0.3, -0.25) is 0 Å². The van der Waals surface area contributed by atoms with Gasteiger partial charge >= 0.3 is 0 Å². The van der Waals surface area contributed by atoms with Crippen LogP contribution in [0.3, 0.4) is 0 Å². The Balaban J connectivity index is 2.04. The van der Waals surface area contributed by atoms with Crippen LogP contribution in [0.2, 0.25) is 5.02 Å². The molecule has 0 saturated carbocycles. The van der Waals surface area contributed by atoms with Gasteiger partial charge in [0.2, 0.25) is 0 Å². The van der Waals surface area contributed by atoms with Gasteiger partial charge in [0.15, 0.2) is 5.11 Å². The minimum atomic E-state index is 0.480. The van der Waals surface area contributed by atoms with E-state index in [9.17, 15) is 0 Å². The summed E-state index contributed by atoms with van der Waals surface area (Å²) in [5, 5.41) is 7.20. The molecule has 0 aliphatic carbocycles. The average Bonchev–Trinajstić information content (AvgIpc) is 2.55. The Bertz CT molecular complexity index is 650. The second-order valence-corrected chi connectivity index (χ2v) is 5.30. The predicted octanol–water partition coefficient (Wildman–Crippen LogP) is 3.84. The fraction of sp³-hybridized carbons (Fsp3) is 0.188. The van der Waals surface area contributed by atoms with Crippen molar-refractivity contribution in [2.45, 2.75) is 6.54 Å². The molecule has 116 valence electrons. The lowest BCUT2D eigenvalue weighted by atomic mass is 10.2. The first kappa shape index (κ1) is 16.4. The molecule has 0 heterocycles. The van der Waals surface area contributed by atoms with Gasteiger partial charge in [-0.25, -0.2) is 0 Å². The molecule has 0 unspecified atom stereocenters.